The van der Waals surface area contributed by atoms with Crippen LogP contribution >= 0.6 is 0 Å². The van der Waals surface area contributed by atoms with Gasteiger partial charge in [-0.25, -0.2) is 9.59 Å². The molecular weight excluding hydrogens is 322 g/mol. The molecule has 1 aromatic rings. The van der Waals surface area contributed by atoms with Gasteiger partial charge >= 0.3 is 11.9 Å². The minimum Gasteiger partial charge on any atom is -0.463 e. The summed E-state index contributed by atoms with van der Waals surface area (Å²) >= 11 is 0. The lowest BCUT2D eigenvalue weighted by Gasteiger charge is -2.31. The van der Waals surface area contributed by atoms with Gasteiger partial charge in [-0.15, -0.1) is 0 Å². The third kappa shape index (κ3) is 3.88. The molecule has 1 aromatic heterocycles. The summed E-state index contributed by atoms with van der Waals surface area (Å²) in [6.07, 6.45) is 3.22. The van der Waals surface area contributed by atoms with Crippen molar-refractivity contribution in [3.63, 3.8) is 0 Å². The third-order valence-electron chi connectivity index (χ3n) is 3.88. The van der Waals surface area contributed by atoms with Crippen molar-refractivity contribution in [3.05, 3.63) is 52.6 Å². The van der Waals surface area contributed by atoms with E-state index in [0.29, 0.717) is 22.5 Å². The number of carbonyl (C=O) groups is 2. The van der Waals surface area contributed by atoms with Gasteiger partial charge in [0.1, 0.15) is 0 Å². The van der Waals surface area contributed by atoms with E-state index in [1.54, 1.807) is 45.3 Å². The van der Waals surface area contributed by atoms with Crippen LogP contribution in [0.5, 0.6) is 0 Å². The number of nitrogens with two attached hydrogens (primary N) is 1. The highest BCUT2D eigenvalue weighted by atomic mass is 16.5. The zero-order valence-electron chi connectivity index (χ0n) is 14.7. The molecule has 0 aromatic carbocycles. The van der Waals surface area contributed by atoms with Crippen molar-refractivity contribution in [2.75, 3.05) is 19.8 Å². The molecular formula is C18H23N3O4. The topological polar surface area (TPSA) is 104 Å². The van der Waals surface area contributed by atoms with Crippen LogP contribution in [-0.2, 0) is 19.1 Å². The summed E-state index contributed by atoms with van der Waals surface area (Å²) in [6, 6.07) is 3.52. The molecule has 7 heteroatoms. The Bertz CT molecular complexity index is 710. The Morgan fingerprint density at radius 2 is 1.68 bits per heavy atom. The fourth-order valence-electron chi connectivity index (χ4n) is 2.88. The van der Waals surface area contributed by atoms with Gasteiger partial charge in [0, 0.05) is 30.3 Å². The van der Waals surface area contributed by atoms with Gasteiger partial charge in [-0.1, -0.05) is 0 Å². The van der Waals surface area contributed by atoms with Crippen LogP contribution in [-0.4, -0.2) is 36.7 Å². The first-order chi connectivity index (χ1) is 12.0. The SMILES string of the molecule is CCOC(=O)C1=C(C)NC(CN)=C(C(=O)OCC)C1c1ccncc1. The van der Waals surface area contributed by atoms with Crippen LogP contribution in [0.1, 0.15) is 32.3 Å². The lowest BCUT2D eigenvalue weighted by molar-refractivity contribution is -0.139. The van der Waals surface area contributed by atoms with Gasteiger partial charge in [0.2, 0.25) is 0 Å². The maximum Gasteiger partial charge on any atom is 0.336 e. The normalized spacial score (nSPS) is 17.2. The van der Waals surface area contributed by atoms with Crippen molar-refractivity contribution in [2.45, 2.75) is 26.7 Å². The van der Waals surface area contributed by atoms with E-state index in [1.165, 1.54) is 0 Å². The van der Waals surface area contributed by atoms with Crippen molar-refractivity contribution in [3.8, 4) is 0 Å². The zero-order chi connectivity index (χ0) is 18.4. The summed E-state index contributed by atoms with van der Waals surface area (Å²) in [5.74, 6) is -1.61. The molecule has 0 amide bonds. The van der Waals surface area contributed by atoms with Gasteiger partial charge in [-0.2, -0.15) is 0 Å². The van der Waals surface area contributed by atoms with Crippen LogP contribution in [0.2, 0.25) is 0 Å². The smallest absolute Gasteiger partial charge is 0.336 e. The van der Waals surface area contributed by atoms with Gasteiger partial charge < -0.3 is 20.5 Å². The van der Waals surface area contributed by atoms with E-state index in [2.05, 4.69) is 10.3 Å². The highest BCUT2D eigenvalue weighted by Crippen LogP contribution is 2.38. The van der Waals surface area contributed by atoms with E-state index in [1.807, 2.05) is 0 Å². The molecule has 7 nitrogen and oxygen atoms in total. The van der Waals surface area contributed by atoms with E-state index in [0.717, 1.165) is 5.56 Å². The average Bonchev–Trinajstić information content (AvgIpc) is 2.61. The summed E-state index contributed by atoms with van der Waals surface area (Å²) in [6.45, 7) is 5.80. The van der Waals surface area contributed by atoms with Gasteiger partial charge in [0.15, 0.2) is 0 Å². The highest BCUT2D eigenvalue weighted by molar-refractivity contribution is 6.00. The number of nitrogens with zero attached hydrogens (tertiary/aromatic N) is 1. The van der Waals surface area contributed by atoms with Crippen LogP contribution in [0.15, 0.2) is 47.1 Å². The van der Waals surface area contributed by atoms with Gasteiger partial charge in [0.25, 0.3) is 0 Å². The van der Waals surface area contributed by atoms with E-state index in [9.17, 15) is 9.59 Å². The maximum atomic E-state index is 12.6. The lowest BCUT2D eigenvalue weighted by atomic mass is 9.80. The lowest BCUT2D eigenvalue weighted by Crippen LogP contribution is -2.35. The summed E-state index contributed by atoms with van der Waals surface area (Å²) in [4.78, 5) is 29.2. The fourth-order valence-corrected chi connectivity index (χ4v) is 2.88. The second-order valence-electron chi connectivity index (χ2n) is 5.41. The molecule has 0 saturated heterocycles. The van der Waals surface area contributed by atoms with Crippen LogP contribution in [0.25, 0.3) is 0 Å². The van der Waals surface area contributed by atoms with Gasteiger partial charge in [0.05, 0.1) is 30.3 Å². The quantitative estimate of drug-likeness (QED) is 0.751. The molecule has 1 atom stereocenters. The molecule has 1 unspecified atom stereocenters. The van der Waals surface area contributed by atoms with Crippen molar-refractivity contribution in [1.29, 1.82) is 0 Å². The Morgan fingerprint density at radius 1 is 1.12 bits per heavy atom. The number of dihydropyridines is 1. The summed E-state index contributed by atoms with van der Waals surface area (Å²) in [5, 5.41) is 3.06. The minimum absolute atomic E-state index is 0.114. The van der Waals surface area contributed by atoms with Crippen molar-refractivity contribution in [2.24, 2.45) is 5.73 Å². The molecule has 0 aliphatic carbocycles. The first-order valence-corrected chi connectivity index (χ1v) is 8.20. The highest BCUT2D eigenvalue weighted by Gasteiger charge is 2.38. The number of allylic oxidation sites excluding steroid dienone is 1. The summed E-state index contributed by atoms with van der Waals surface area (Å²) in [5.41, 5.74) is 8.41. The number of hydrogen-bond donors (Lipinski definition) is 2. The number of hydrogen-bond acceptors (Lipinski definition) is 7. The summed E-state index contributed by atoms with van der Waals surface area (Å²) in [7, 11) is 0. The number of esters is 2. The van der Waals surface area contributed by atoms with Crippen LogP contribution in [0.4, 0.5) is 0 Å². The Morgan fingerprint density at radius 3 is 2.20 bits per heavy atom. The second-order valence-corrected chi connectivity index (χ2v) is 5.41. The molecule has 2 rings (SSSR count). The molecule has 1 aliphatic heterocycles. The molecule has 2 heterocycles. The van der Waals surface area contributed by atoms with Crippen LogP contribution in [0, 0.1) is 0 Å². The number of pyridine rings is 1. The Kier molecular flexibility index (Phi) is 6.30. The zero-order valence-corrected chi connectivity index (χ0v) is 14.7. The molecule has 0 fully saturated rings. The number of aromatic nitrogens is 1. The Labute approximate surface area is 146 Å². The number of ether oxygens (including phenoxy) is 2. The molecule has 0 bridgehead atoms. The molecule has 25 heavy (non-hydrogen) atoms. The van der Waals surface area contributed by atoms with Gasteiger partial charge in [-0.3, -0.25) is 4.98 Å². The molecule has 134 valence electrons. The van der Waals surface area contributed by atoms with Gasteiger partial charge in [-0.05, 0) is 38.5 Å². The number of carbonyl (C=O) groups excluding carboxylic acids is 2. The van der Waals surface area contributed by atoms with Crippen LogP contribution in [0.3, 0.4) is 0 Å². The standard InChI is InChI=1S/C18H23N3O4/c1-4-24-17(22)14-11(3)21-13(10-19)16(18(23)25-5-2)15(14)12-6-8-20-9-7-12/h6-9,15,21H,4-5,10,19H2,1-3H3. The van der Waals surface area contributed by atoms with E-state index in [-0.39, 0.29) is 19.8 Å². The Hall–Kier alpha value is -2.67. The van der Waals surface area contributed by atoms with E-state index < -0.39 is 17.9 Å². The number of rotatable bonds is 6. The largest absolute Gasteiger partial charge is 0.463 e. The Balaban J connectivity index is 2.64. The molecule has 1 aliphatic rings. The van der Waals surface area contributed by atoms with E-state index >= 15 is 0 Å². The minimum atomic E-state index is -0.624. The maximum absolute atomic E-state index is 12.6. The van der Waals surface area contributed by atoms with Crippen molar-refractivity contribution >= 4 is 11.9 Å². The first kappa shape index (κ1) is 18.7. The monoisotopic (exact) mass is 345 g/mol. The van der Waals surface area contributed by atoms with E-state index in [4.69, 9.17) is 15.2 Å². The predicted molar refractivity (Wildman–Crippen MR) is 92.2 cm³/mol. The molecule has 0 saturated carbocycles. The summed E-state index contributed by atoms with van der Waals surface area (Å²) < 4.78 is 10.4. The van der Waals surface area contributed by atoms with Crippen molar-refractivity contribution in [1.82, 2.24) is 10.3 Å². The second kappa shape index (κ2) is 8.43. The average molecular weight is 345 g/mol. The molecule has 0 radical (unpaired) electrons. The number of nitrogens with one attached hydrogen (secondary N) is 1. The first-order valence-electron chi connectivity index (χ1n) is 8.20. The molecule has 3 N–H and O–H groups in total. The van der Waals surface area contributed by atoms with Crippen LogP contribution < -0.4 is 11.1 Å². The predicted octanol–water partition coefficient (Wildman–Crippen LogP) is 1.38. The van der Waals surface area contributed by atoms with Crippen molar-refractivity contribution < 1.29 is 19.1 Å². The fraction of sp³-hybridized carbons (Fsp3) is 0.389. The molecule has 0 spiro atoms. The third-order valence-corrected chi connectivity index (χ3v) is 3.88.